The predicted molar refractivity (Wildman–Crippen MR) is 108 cm³/mol. The largest absolute Gasteiger partial charge is 0.417 e. The third kappa shape index (κ3) is 5.05. The highest BCUT2D eigenvalue weighted by Crippen LogP contribution is 2.36. The summed E-state index contributed by atoms with van der Waals surface area (Å²) in [6.45, 7) is 8.78. The van der Waals surface area contributed by atoms with Crippen LogP contribution in [0, 0.1) is 0 Å². The topological polar surface area (TPSA) is 79.5 Å². The second-order valence-corrected chi connectivity index (χ2v) is 10.8. The van der Waals surface area contributed by atoms with Gasteiger partial charge in [0.25, 0.3) is 0 Å². The van der Waals surface area contributed by atoms with Crippen molar-refractivity contribution in [3.05, 3.63) is 40.5 Å². The van der Waals surface area contributed by atoms with Gasteiger partial charge in [-0.3, -0.25) is 4.90 Å². The molecule has 0 saturated carbocycles. The Hall–Kier alpha value is -1.69. The molecular weight excluding hydrogens is 457 g/mol. The molecule has 3 rings (SSSR count). The van der Waals surface area contributed by atoms with E-state index in [1.54, 1.807) is 0 Å². The summed E-state index contributed by atoms with van der Waals surface area (Å²) in [4.78, 5) is 6.00. The van der Waals surface area contributed by atoms with Gasteiger partial charge in [-0.25, -0.2) is 8.42 Å². The molecule has 1 fully saturated rings. The molecule has 0 radical (unpaired) electrons. The second-order valence-electron chi connectivity index (χ2n) is 8.46. The van der Waals surface area contributed by atoms with Gasteiger partial charge in [-0.15, -0.1) is 0 Å². The van der Waals surface area contributed by atoms with E-state index in [1.165, 1.54) is 4.31 Å². The van der Waals surface area contributed by atoms with Crippen molar-refractivity contribution in [1.82, 2.24) is 19.3 Å². The fourth-order valence-electron chi connectivity index (χ4n) is 3.23. The van der Waals surface area contributed by atoms with Gasteiger partial charge in [0.2, 0.25) is 15.9 Å². The molecule has 31 heavy (non-hydrogen) atoms. The molecule has 172 valence electrons. The number of rotatable bonds is 4. The van der Waals surface area contributed by atoms with E-state index in [2.05, 4.69) is 10.1 Å². The molecule has 0 bridgehead atoms. The zero-order valence-corrected chi connectivity index (χ0v) is 19.1. The highest BCUT2D eigenvalue weighted by Gasteiger charge is 2.37. The van der Waals surface area contributed by atoms with E-state index < -0.39 is 31.7 Å². The first-order valence-electron chi connectivity index (χ1n) is 9.66. The molecule has 0 spiro atoms. The Kier molecular flexibility index (Phi) is 6.45. The Labute approximate surface area is 184 Å². The summed E-state index contributed by atoms with van der Waals surface area (Å²) in [6, 6.07) is 2.41. The number of alkyl halides is 3. The van der Waals surface area contributed by atoms with E-state index in [0.29, 0.717) is 30.9 Å². The minimum atomic E-state index is -4.74. The van der Waals surface area contributed by atoms with Gasteiger partial charge in [-0.05, 0) is 25.1 Å². The number of hydrogen-bond donors (Lipinski definition) is 0. The Morgan fingerprint density at radius 1 is 1.13 bits per heavy atom. The van der Waals surface area contributed by atoms with Gasteiger partial charge < -0.3 is 4.52 Å². The average Bonchev–Trinajstić information content (AvgIpc) is 3.17. The lowest BCUT2D eigenvalue weighted by Gasteiger charge is -2.36. The summed E-state index contributed by atoms with van der Waals surface area (Å²) in [5.74, 6) is 1.02. The van der Waals surface area contributed by atoms with Crippen molar-refractivity contribution in [1.29, 1.82) is 0 Å². The molecule has 1 aliphatic rings. The lowest BCUT2D eigenvalue weighted by Crippen LogP contribution is -2.49. The summed E-state index contributed by atoms with van der Waals surface area (Å²) >= 11 is 5.60. The number of hydrogen-bond acceptors (Lipinski definition) is 6. The van der Waals surface area contributed by atoms with Gasteiger partial charge in [0.15, 0.2) is 5.82 Å². The van der Waals surface area contributed by atoms with Crippen molar-refractivity contribution < 1.29 is 26.1 Å². The molecule has 1 atom stereocenters. The molecule has 1 aromatic carbocycles. The summed E-state index contributed by atoms with van der Waals surface area (Å²) in [6.07, 6.45) is -4.74. The number of aromatic nitrogens is 2. The van der Waals surface area contributed by atoms with Crippen LogP contribution in [0.1, 0.15) is 51.0 Å². The summed E-state index contributed by atoms with van der Waals surface area (Å²) in [5, 5.41) is 3.47. The van der Waals surface area contributed by atoms with Gasteiger partial charge in [0.05, 0.1) is 21.5 Å². The maximum Gasteiger partial charge on any atom is 0.417 e. The van der Waals surface area contributed by atoms with Gasteiger partial charge in [0, 0.05) is 31.6 Å². The molecule has 0 N–H and O–H groups in total. The number of piperazine rings is 1. The molecule has 2 aromatic rings. The van der Waals surface area contributed by atoms with Gasteiger partial charge in [-0.1, -0.05) is 37.5 Å². The summed E-state index contributed by atoms with van der Waals surface area (Å²) < 4.78 is 71.7. The van der Waals surface area contributed by atoms with Crippen LogP contribution in [0.2, 0.25) is 5.02 Å². The first kappa shape index (κ1) is 24.0. The van der Waals surface area contributed by atoms with Crippen LogP contribution in [-0.2, 0) is 21.6 Å². The quantitative estimate of drug-likeness (QED) is 0.655. The van der Waals surface area contributed by atoms with Gasteiger partial charge in [-0.2, -0.15) is 22.5 Å². The van der Waals surface area contributed by atoms with Crippen molar-refractivity contribution in [3.63, 3.8) is 0 Å². The van der Waals surface area contributed by atoms with Crippen LogP contribution in [0.25, 0.3) is 0 Å². The van der Waals surface area contributed by atoms with Crippen LogP contribution < -0.4 is 0 Å². The lowest BCUT2D eigenvalue weighted by atomic mass is 9.96. The fourth-order valence-corrected chi connectivity index (χ4v) is 4.90. The summed E-state index contributed by atoms with van der Waals surface area (Å²) in [7, 11) is -4.09. The SMILES string of the molecule is CC(c1nc(C(C)(C)C)no1)N1CCN(S(=O)(=O)c2ccc(Cl)c(C(F)(F)F)c2)CC1. The fraction of sp³-hybridized carbons (Fsp3) is 0.579. The molecule has 7 nitrogen and oxygen atoms in total. The molecule has 1 unspecified atom stereocenters. The highest BCUT2D eigenvalue weighted by atomic mass is 35.5. The monoisotopic (exact) mass is 480 g/mol. The van der Waals surface area contributed by atoms with E-state index in [4.69, 9.17) is 16.1 Å². The number of benzene rings is 1. The number of sulfonamides is 1. The van der Waals surface area contributed by atoms with Crippen LogP contribution in [0.4, 0.5) is 13.2 Å². The first-order valence-corrected chi connectivity index (χ1v) is 11.5. The maximum atomic E-state index is 13.1. The van der Waals surface area contributed by atoms with Crippen molar-refractivity contribution in [2.24, 2.45) is 0 Å². The zero-order valence-electron chi connectivity index (χ0n) is 17.6. The van der Waals surface area contributed by atoms with Crippen LogP contribution >= 0.6 is 11.6 Å². The zero-order chi connectivity index (χ0) is 23.2. The van der Waals surface area contributed by atoms with E-state index >= 15 is 0 Å². The van der Waals surface area contributed by atoms with Crippen molar-refractivity contribution >= 4 is 21.6 Å². The predicted octanol–water partition coefficient (Wildman–Crippen LogP) is 4.11. The smallest absolute Gasteiger partial charge is 0.338 e. The van der Waals surface area contributed by atoms with Gasteiger partial charge in [0.1, 0.15) is 0 Å². The van der Waals surface area contributed by atoms with E-state index in [-0.39, 0.29) is 24.5 Å². The van der Waals surface area contributed by atoms with Crippen LogP contribution in [0.5, 0.6) is 0 Å². The van der Waals surface area contributed by atoms with Crippen LogP contribution in [-0.4, -0.2) is 53.9 Å². The maximum absolute atomic E-state index is 13.1. The third-order valence-corrected chi connectivity index (χ3v) is 7.40. The van der Waals surface area contributed by atoms with Crippen molar-refractivity contribution in [3.8, 4) is 0 Å². The van der Waals surface area contributed by atoms with E-state index in [0.717, 1.165) is 12.1 Å². The third-order valence-electron chi connectivity index (χ3n) is 5.17. The Bertz CT molecular complexity index is 1040. The number of halogens is 4. The highest BCUT2D eigenvalue weighted by molar-refractivity contribution is 7.89. The number of nitrogens with zero attached hydrogens (tertiary/aromatic N) is 4. The lowest BCUT2D eigenvalue weighted by molar-refractivity contribution is -0.137. The van der Waals surface area contributed by atoms with Crippen molar-refractivity contribution in [2.45, 2.75) is 50.2 Å². The normalized spacial score (nSPS) is 18.3. The average molecular weight is 481 g/mol. The van der Waals surface area contributed by atoms with Crippen LogP contribution in [0.3, 0.4) is 0 Å². The Balaban J connectivity index is 1.72. The van der Waals surface area contributed by atoms with E-state index in [1.807, 2.05) is 32.6 Å². The Morgan fingerprint density at radius 3 is 2.26 bits per heavy atom. The summed E-state index contributed by atoms with van der Waals surface area (Å²) in [5.41, 5.74) is -1.43. The molecule has 1 saturated heterocycles. The van der Waals surface area contributed by atoms with Crippen LogP contribution in [0.15, 0.2) is 27.6 Å². The van der Waals surface area contributed by atoms with E-state index in [9.17, 15) is 21.6 Å². The molecule has 1 aliphatic heterocycles. The molecule has 0 aliphatic carbocycles. The molecular formula is C19H24ClF3N4O3S. The van der Waals surface area contributed by atoms with Gasteiger partial charge >= 0.3 is 6.18 Å². The molecule has 2 heterocycles. The van der Waals surface area contributed by atoms with Crippen molar-refractivity contribution in [2.75, 3.05) is 26.2 Å². The standard InChI is InChI=1S/C19H24ClF3N4O3S/c1-12(16-24-17(25-30-16)18(2,3)4)26-7-9-27(10-8-26)31(28,29)13-5-6-15(20)14(11-13)19(21,22)23/h5-6,11-12H,7-10H2,1-4H3. The first-order chi connectivity index (χ1) is 14.2. The Morgan fingerprint density at radius 2 is 1.74 bits per heavy atom. The molecule has 12 heteroatoms. The second kappa shape index (κ2) is 8.34. The molecule has 0 amide bonds. The minimum absolute atomic E-state index is 0.122. The molecule has 1 aromatic heterocycles. The minimum Gasteiger partial charge on any atom is -0.338 e.